The van der Waals surface area contributed by atoms with Gasteiger partial charge in [0.25, 0.3) is 5.56 Å². The standard InChI is InChI=1S/C10H15N2O8P.2Na.2H2O/c1-5-3-12(10(15)11-9(5)14)8-2-6(13)7(20-8)4-19-21(16,17)18;;;;/h3,6-8,13H,2,4H2,1H3,(H,11,14,15)(H2,16,17,18);;;2*1H2/t6-,7+,8+;;;;/m0..../s1. The number of H-pyrrole nitrogens is 1. The van der Waals surface area contributed by atoms with Crippen LogP contribution in [0, 0.1) is 6.92 Å². The van der Waals surface area contributed by atoms with Gasteiger partial charge in [-0.2, -0.15) is 0 Å². The SMILES string of the molecule is Cc1cn([C@H]2C[C@H](O)[C@@H](COP(=O)(O)O)O2)c(=O)[nH]c1=O.O.O.[Na].[Na]. The Labute approximate surface area is 186 Å². The first-order valence-electron chi connectivity index (χ1n) is 6.03. The molecule has 1 aliphatic rings. The zero-order valence-electron chi connectivity index (χ0n) is 14.0. The number of phosphoric acid groups is 1. The summed E-state index contributed by atoms with van der Waals surface area (Å²) in [5.74, 6) is 0. The summed E-state index contributed by atoms with van der Waals surface area (Å²) in [7, 11) is -4.67. The van der Waals surface area contributed by atoms with E-state index in [1.807, 2.05) is 0 Å². The van der Waals surface area contributed by atoms with E-state index in [9.17, 15) is 19.3 Å². The van der Waals surface area contributed by atoms with Crippen molar-refractivity contribution in [2.75, 3.05) is 6.61 Å². The van der Waals surface area contributed by atoms with Crippen LogP contribution in [-0.4, -0.2) is 113 Å². The van der Waals surface area contributed by atoms with Crippen molar-refractivity contribution in [3.05, 3.63) is 32.6 Å². The van der Waals surface area contributed by atoms with Crippen LogP contribution in [0.25, 0.3) is 0 Å². The molecular weight excluding hydrogens is 385 g/mol. The number of aliphatic hydroxyl groups excluding tert-OH is 1. The number of rotatable bonds is 4. The molecule has 15 heteroatoms. The zero-order valence-corrected chi connectivity index (χ0v) is 18.9. The molecule has 1 aromatic rings. The van der Waals surface area contributed by atoms with Crippen LogP contribution in [0.15, 0.2) is 15.8 Å². The van der Waals surface area contributed by atoms with Crippen molar-refractivity contribution >= 4 is 66.9 Å². The number of aryl methyl sites for hydroxylation is 1. The van der Waals surface area contributed by atoms with Crippen molar-refractivity contribution in [2.24, 2.45) is 0 Å². The zero-order chi connectivity index (χ0) is 15.8. The molecule has 1 aliphatic heterocycles. The first-order valence-corrected chi connectivity index (χ1v) is 7.56. The predicted octanol–water partition coefficient (Wildman–Crippen LogP) is -3.81. The van der Waals surface area contributed by atoms with Crippen LogP contribution in [-0.2, 0) is 13.8 Å². The molecule has 0 aliphatic carbocycles. The molecule has 3 atom stereocenters. The van der Waals surface area contributed by atoms with Gasteiger partial charge in [0.05, 0.1) is 12.7 Å². The van der Waals surface area contributed by atoms with Crippen LogP contribution in [0.3, 0.4) is 0 Å². The van der Waals surface area contributed by atoms with E-state index in [-0.39, 0.29) is 76.5 Å². The number of aliphatic hydroxyl groups is 1. The maximum Gasteiger partial charge on any atom is 0.469 e. The first kappa shape index (κ1) is 30.4. The molecule has 2 rings (SSSR count). The Morgan fingerprint density at radius 1 is 1.36 bits per heavy atom. The van der Waals surface area contributed by atoms with Crippen molar-refractivity contribution in [1.82, 2.24) is 9.55 Å². The number of nitrogens with one attached hydrogen (secondary N) is 1. The minimum atomic E-state index is -4.67. The van der Waals surface area contributed by atoms with Crippen LogP contribution in [0.1, 0.15) is 18.2 Å². The molecule has 2 heterocycles. The molecule has 25 heavy (non-hydrogen) atoms. The van der Waals surface area contributed by atoms with E-state index in [0.29, 0.717) is 5.56 Å². The second kappa shape index (κ2) is 12.2. The van der Waals surface area contributed by atoms with Crippen molar-refractivity contribution in [2.45, 2.75) is 31.8 Å². The summed E-state index contributed by atoms with van der Waals surface area (Å²) >= 11 is 0. The number of ether oxygens (including phenoxy) is 1. The fourth-order valence-electron chi connectivity index (χ4n) is 2.01. The molecule has 0 saturated carbocycles. The maximum atomic E-state index is 11.7. The Balaban J connectivity index is -0.00000121. The Morgan fingerprint density at radius 2 is 1.92 bits per heavy atom. The summed E-state index contributed by atoms with van der Waals surface area (Å²) < 4.78 is 21.4. The Kier molecular flexibility index (Phi) is 14.8. The number of aromatic nitrogens is 2. The number of aromatic amines is 1. The summed E-state index contributed by atoms with van der Waals surface area (Å²) in [5, 5.41) is 9.79. The molecule has 0 bridgehead atoms. The number of phosphoric ester groups is 1. The Hall–Kier alpha value is 0.630. The van der Waals surface area contributed by atoms with Gasteiger partial charge in [-0.3, -0.25) is 18.9 Å². The van der Waals surface area contributed by atoms with Crippen molar-refractivity contribution < 1.29 is 39.7 Å². The van der Waals surface area contributed by atoms with Crippen LogP contribution in [0.2, 0.25) is 0 Å². The monoisotopic (exact) mass is 404 g/mol. The van der Waals surface area contributed by atoms with Gasteiger partial charge < -0.3 is 30.6 Å². The average Bonchev–Trinajstić information content (AvgIpc) is 2.72. The Morgan fingerprint density at radius 3 is 2.44 bits per heavy atom. The number of hydrogen-bond acceptors (Lipinski definition) is 6. The van der Waals surface area contributed by atoms with Gasteiger partial charge in [0.15, 0.2) is 0 Å². The topological polar surface area (TPSA) is 214 Å². The van der Waals surface area contributed by atoms with E-state index in [0.717, 1.165) is 4.57 Å². The fraction of sp³-hybridized carbons (Fsp3) is 0.600. The summed E-state index contributed by atoms with van der Waals surface area (Å²) in [6.07, 6.45) is -1.57. The first-order chi connectivity index (χ1) is 9.67. The van der Waals surface area contributed by atoms with E-state index >= 15 is 0 Å². The quantitative estimate of drug-likeness (QED) is 0.287. The molecular formula is C10H19N2Na2O10P. The van der Waals surface area contributed by atoms with E-state index in [4.69, 9.17) is 14.5 Å². The third-order valence-electron chi connectivity index (χ3n) is 3.07. The van der Waals surface area contributed by atoms with E-state index in [1.165, 1.54) is 13.1 Å². The van der Waals surface area contributed by atoms with Crippen LogP contribution < -0.4 is 11.2 Å². The number of nitrogens with zero attached hydrogens (tertiary/aromatic N) is 1. The van der Waals surface area contributed by atoms with Gasteiger partial charge in [-0.05, 0) is 6.92 Å². The van der Waals surface area contributed by atoms with E-state index < -0.39 is 44.1 Å². The Bertz CT molecular complexity index is 689. The van der Waals surface area contributed by atoms with E-state index in [2.05, 4.69) is 9.51 Å². The molecule has 0 aromatic carbocycles. The summed E-state index contributed by atoms with van der Waals surface area (Å²) in [5.41, 5.74) is -0.918. The molecule has 136 valence electrons. The largest absolute Gasteiger partial charge is 0.469 e. The summed E-state index contributed by atoms with van der Waals surface area (Å²) in [6, 6.07) is 0. The fourth-order valence-corrected chi connectivity index (χ4v) is 2.35. The molecule has 0 unspecified atom stereocenters. The molecule has 12 nitrogen and oxygen atoms in total. The third kappa shape index (κ3) is 8.45. The normalized spacial score (nSPS) is 22.0. The minimum absolute atomic E-state index is 0. The number of hydrogen-bond donors (Lipinski definition) is 4. The molecule has 8 N–H and O–H groups in total. The van der Waals surface area contributed by atoms with Gasteiger partial charge in [0.2, 0.25) is 0 Å². The molecule has 1 fully saturated rings. The second-order valence-electron chi connectivity index (χ2n) is 4.70. The van der Waals surface area contributed by atoms with Crippen molar-refractivity contribution in [3.63, 3.8) is 0 Å². The molecule has 1 aromatic heterocycles. The molecule has 0 spiro atoms. The third-order valence-corrected chi connectivity index (χ3v) is 3.55. The van der Waals surface area contributed by atoms with Gasteiger partial charge in [-0.25, -0.2) is 9.36 Å². The van der Waals surface area contributed by atoms with E-state index in [1.54, 1.807) is 0 Å². The predicted molar refractivity (Wildman–Crippen MR) is 87.3 cm³/mol. The minimum Gasteiger partial charge on any atom is -0.412 e. The van der Waals surface area contributed by atoms with Gasteiger partial charge in [0, 0.05) is 77.3 Å². The van der Waals surface area contributed by atoms with Gasteiger partial charge in [0.1, 0.15) is 12.3 Å². The van der Waals surface area contributed by atoms with Gasteiger partial charge in [-0.15, -0.1) is 0 Å². The van der Waals surface area contributed by atoms with Crippen LogP contribution in [0.5, 0.6) is 0 Å². The van der Waals surface area contributed by atoms with Crippen LogP contribution in [0.4, 0.5) is 0 Å². The maximum absolute atomic E-state index is 11.7. The second-order valence-corrected chi connectivity index (χ2v) is 5.94. The average molecular weight is 404 g/mol. The molecule has 0 amide bonds. The smallest absolute Gasteiger partial charge is 0.412 e. The van der Waals surface area contributed by atoms with Crippen molar-refractivity contribution in [1.29, 1.82) is 0 Å². The van der Waals surface area contributed by atoms with Gasteiger partial charge >= 0.3 is 13.5 Å². The van der Waals surface area contributed by atoms with Crippen molar-refractivity contribution in [3.8, 4) is 0 Å². The molecule has 2 radical (unpaired) electrons. The van der Waals surface area contributed by atoms with Crippen LogP contribution >= 0.6 is 7.82 Å². The molecule has 1 saturated heterocycles. The summed E-state index contributed by atoms with van der Waals surface area (Å²) in [4.78, 5) is 42.3. The summed E-state index contributed by atoms with van der Waals surface area (Å²) in [6.45, 7) is 0.994. The van der Waals surface area contributed by atoms with Gasteiger partial charge in [-0.1, -0.05) is 0 Å².